The van der Waals surface area contributed by atoms with E-state index in [2.05, 4.69) is 17.3 Å². The lowest BCUT2D eigenvalue weighted by molar-refractivity contribution is -0.121. The van der Waals surface area contributed by atoms with Crippen molar-refractivity contribution in [3.8, 4) is 29.9 Å². The zero-order valence-electron chi connectivity index (χ0n) is 14.9. The van der Waals surface area contributed by atoms with Crippen LogP contribution in [0.3, 0.4) is 0 Å². The second-order valence-corrected chi connectivity index (χ2v) is 6.10. The highest BCUT2D eigenvalue weighted by atomic mass is 35.5. The molecule has 1 N–H and O–H groups in total. The number of halogens is 1. The number of nitrogens with zero attached hydrogens (tertiary/aromatic N) is 1. The maximum absolute atomic E-state index is 12.2. The van der Waals surface area contributed by atoms with Gasteiger partial charge in [0.1, 0.15) is 12.6 Å². The molecule has 0 radical (unpaired) electrons. The second-order valence-electron chi connectivity index (χ2n) is 5.66. The van der Waals surface area contributed by atoms with Crippen LogP contribution in [-0.4, -0.2) is 19.6 Å². The monoisotopic (exact) mass is 382 g/mol. The van der Waals surface area contributed by atoms with E-state index >= 15 is 0 Å². The quantitative estimate of drug-likeness (QED) is 0.707. The van der Waals surface area contributed by atoms with Crippen LogP contribution in [0.25, 0.3) is 0 Å². The van der Waals surface area contributed by atoms with Gasteiger partial charge in [-0.1, -0.05) is 35.7 Å². The van der Waals surface area contributed by atoms with Crippen molar-refractivity contribution in [1.29, 1.82) is 5.26 Å². The number of hydrogen-bond donors (Lipinski definition) is 1. The van der Waals surface area contributed by atoms with Gasteiger partial charge in [0.05, 0.1) is 13.2 Å². The molecule has 0 heterocycles. The molecule has 27 heavy (non-hydrogen) atoms. The van der Waals surface area contributed by atoms with E-state index in [0.29, 0.717) is 28.5 Å². The molecule has 0 aliphatic heterocycles. The number of aryl methyl sites for hydroxylation is 1. The molecule has 1 amide bonds. The lowest BCUT2D eigenvalue weighted by Crippen LogP contribution is -2.27. The smallest absolute Gasteiger partial charge is 0.221 e. The Labute approximate surface area is 163 Å². The Morgan fingerprint density at radius 2 is 2.11 bits per heavy atom. The van der Waals surface area contributed by atoms with Gasteiger partial charge < -0.3 is 14.8 Å². The van der Waals surface area contributed by atoms with E-state index in [0.717, 1.165) is 5.56 Å². The molecule has 0 aliphatic carbocycles. The first-order chi connectivity index (χ1) is 13.1. The highest BCUT2D eigenvalue weighted by Gasteiger charge is 2.14. The summed E-state index contributed by atoms with van der Waals surface area (Å²) >= 11 is 5.94. The molecule has 0 fully saturated rings. The van der Waals surface area contributed by atoms with E-state index in [4.69, 9.17) is 27.5 Å². The van der Waals surface area contributed by atoms with Crippen LogP contribution in [0.2, 0.25) is 5.02 Å². The van der Waals surface area contributed by atoms with Gasteiger partial charge in [-0.3, -0.25) is 4.79 Å². The maximum Gasteiger partial charge on any atom is 0.221 e. The molecule has 0 aliphatic rings. The zero-order valence-corrected chi connectivity index (χ0v) is 15.6. The first-order valence-corrected chi connectivity index (χ1v) is 8.62. The van der Waals surface area contributed by atoms with Crippen molar-refractivity contribution in [3.63, 3.8) is 0 Å². The number of terminal acetylenes is 1. The molecule has 2 aromatic rings. The van der Waals surface area contributed by atoms with Crippen molar-refractivity contribution < 1.29 is 14.3 Å². The normalized spacial score (nSPS) is 11.0. The molecule has 5 nitrogen and oxygen atoms in total. The number of nitrogens with one attached hydrogen (secondary N) is 1. The van der Waals surface area contributed by atoms with Crippen LogP contribution in [0.5, 0.6) is 11.5 Å². The first kappa shape index (κ1) is 20.2. The summed E-state index contributed by atoms with van der Waals surface area (Å²) in [6.07, 6.45) is 5.91. The molecular weight excluding hydrogens is 364 g/mol. The second kappa shape index (κ2) is 10.1. The van der Waals surface area contributed by atoms with Crippen LogP contribution in [0.15, 0.2) is 42.5 Å². The molecule has 0 saturated carbocycles. The number of hydrogen-bond acceptors (Lipinski definition) is 4. The highest BCUT2D eigenvalue weighted by molar-refractivity contribution is 6.30. The number of ether oxygens (including phenoxy) is 2. The zero-order chi connectivity index (χ0) is 19.6. The van der Waals surface area contributed by atoms with Crippen molar-refractivity contribution >= 4 is 17.5 Å². The molecule has 0 bridgehead atoms. The van der Waals surface area contributed by atoms with Gasteiger partial charge in [0.2, 0.25) is 5.91 Å². The van der Waals surface area contributed by atoms with E-state index in [9.17, 15) is 10.1 Å². The highest BCUT2D eigenvalue weighted by Crippen LogP contribution is 2.28. The Balaban J connectivity index is 1.96. The number of carbonyl (C=O) groups excluding carboxylic acids is 1. The van der Waals surface area contributed by atoms with Crippen LogP contribution in [0.4, 0.5) is 0 Å². The number of amides is 1. The van der Waals surface area contributed by atoms with E-state index in [-0.39, 0.29) is 18.9 Å². The van der Waals surface area contributed by atoms with Crippen LogP contribution in [0.1, 0.15) is 23.6 Å². The first-order valence-electron chi connectivity index (χ1n) is 8.25. The summed E-state index contributed by atoms with van der Waals surface area (Å²) in [5.41, 5.74) is 1.56. The summed E-state index contributed by atoms with van der Waals surface area (Å²) < 4.78 is 10.7. The number of nitriles is 1. The van der Waals surface area contributed by atoms with Gasteiger partial charge in [-0.25, -0.2) is 0 Å². The standard InChI is InChI=1S/C21H19ClN2O3/c1-3-11-27-19-9-7-15(12-20(19)26-2)8-10-21(25)24-18(14-23)16-5-4-6-17(22)13-16/h1,4-7,9,12-13,18H,8,10-11H2,2H3,(H,24,25). The minimum absolute atomic E-state index is 0.150. The Morgan fingerprint density at radius 3 is 2.78 bits per heavy atom. The van der Waals surface area contributed by atoms with Crippen molar-refractivity contribution in [2.75, 3.05) is 13.7 Å². The minimum Gasteiger partial charge on any atom is -0.493 e. The van der Waals surface area contributed by atoms with Crippen molar-refractivity contribution in [1.82, 2.24) is 5.32 Å². The Kier molecular flexibility index (Phi) is 7.55. The molecule has 1 atom stereocenters. The van der Waals surface area contributed by atoms with Gasteiger partial charge in [0, 0.05) is 11.4 Å². The minimum atomic E-state index is -0.745. The third-order valence-corrected chi connectivity index (χ3v) is 4.03. The van der Waals surface area contributed by atoms with Gasteiger partial charge in [0.15, 0.2) is 11.5 Å². The fourth-order valence-corrected chi connectivity index (χ4v) is 2.67. The fraction of sp³-hybridized carbons (Fsp3) is 0.238. The molecular formula is C21H19ClN2O3. The third kappa shape index (κ3) is 5.95. The third-order valence-electron chi connectivity index (χ3n) is 3.80. The SMILES string of the molecule is C#CCOc1ccc(CCC(=O)NC(C#N)c2cccc(Cl)c2)cc1OC. The summed E-state index contributed by atoms with van der Waals surface area (Å²) in [7, 11) is 1.54. The van der Waals surface area contributed by atoms with Gasteiger partial charge in [-0.2, -0.15) is 5.26 Å². The largest absolute Gasteiger partial charge is 0.493 e. The van der Waals surface area contributed by atoms with Gasteiger partial charge in [-0.15, -0.1) is 6.42 Å². The number of carbonyl (C=O) groups is 1. The van der Waals surface area contributed by atoms with Crippen molar-refractivity contribution in [2.24, 2.45) is 0 Å². The average molecular weight is 383 g/mol. The van der Waals surface area contributed by atoms with E-state index < -0.39 is 6.04 Å². The number of benzene rings is 2. The van der Waals surface area contributed by atoms with Gasteiger partial charge >= 0.3 is 0 Å². The molecule has 6 heteroatoms. The average Bonchev–Trinajstić information content (AvgIpc) is 2.69. The Hall–Kier alpha value is -3.15. The van der Waals surface area contributed by atoms with Gasteiger partial charge in [-0.05, 0) is 41.8 Å². The summed E-state index contributed by atoms with van der Waals surface area (Å²) in [5, 5.41) is 12.5. The summed E-state index contributed by atoms with van der Waals surface area (Å²) in [4.78, 5) is 12.2. The van der Waals surface area contributed by atoms with Gasteiger partial charge in [0.25, 0.3) is 0 Å². The van der Waals surface area contributed by atoms with Crippen molar-refractivity contribution in [2.45, 2.75) is 18.9 Å². The topological polar surface area (TPSA) is 71.3 Å². The van der Waals surface area contributed by atoms with Crippen LogP contribution >= 0.6 is 11.6 Å². The molecule has 0 aromatic heterocycles. The number of rotatable bonds is 8. The number of methoxy groups -OCH3 is 1. The lowest BCUT2D eigenvalue weighted by atomic mass is 10.1. The molecule has 2 rings (SSSR count). The molecule has 2 aromatic carbocycles. The summed E-state index contributed by atoms with van der Waals surface area (Å²) in [6, 6.07) is 13.6. The van der Waals surface area contributed by atoms with Crippen LogP contribution in [0, 0.1) is 23.7 Å². The Bertz CT molecular complexity index is 884. The molecule has 1 unspecified atom stereocenters. The molecule has 0 spiro atoms. The van der Waals surface area contributed by atoms with E-state index in [1.54, 1.807) is 36.4 Å². The van der Waals surface area contributed by atoms with Crippen LogP contribution in [-0.2, 0) is 11.2 Å². The summed E-state index contributed by atoms with van der Waals surface area (Å²) in [5.74, 6) is 3.27. The molecule has 138 valence electrons. The maximum atomic E-state index is 12.2. The lowest BCUT2D eigenvalue weighted by Gasteiger charge is -2.13. The summed E-state index contributed by atoms with van der Waals surface area (Å²) in [6.45, 7) is 0.150. The van der Waals surface area contributed by atoms with Crippen LogP contribution < -0.4 is 14.8 Å². The predicted octanol–water partition coefficient (Wildman–Crippen LogP) is 3.67. The van der Waals surface area contributed by atoms with E-state index in [1.165, 1.54) is 7.11 Å². The molecule has 0 saturated heterocycles. The van der Waals surface area contributed by atoms with Crippen molar-refractivity contribution in [3.05, 3.63) is 58.6 Å². The predicted molar refractivity (Wildman–Crippen MR) is 104 cm³/mol. The van der Waals surface area contributed by atoms with E-state index in [1.807, 2.05) is 6.07 Å². The fourth-order valence-electron chi connectivity index (χ4n) is 2.47. The Morgan fingerprint density at radius 1 is 1.30 bits per heavy atom.